The van der Waals surface area contributed by atoms with Gasteiger partial charge in [-0.2, -0.15) is 5.10 Å². The Morgan fingerprint density at radius 2 is 1.56 bits per heavy atom. The van der Waals surface area contributed by atoms with Crippen LogP contribution in [0.25, 0.3) is 5.69 Å². The first-order valence-electron chi connectivity index (χ1n) is 10.4. The summed E-state index contributed by atoms with van der Waals surface area (Å²) in [7, 11) is 0. The number of rotatable bonds is 7. The Balaban J connectivity index is 1.52. The molecular weight excluding hydrogens is 441 g/mol. The fraction of sp³-hybridized carbons (Fsp3) is 0.154. The molecule has 0 bridgehead atoms. The summed E-state index contributed by atoms with van der Waals surface area (Å²) in [4.78, 5) is 13.0. The van der Waals surface area contributed by atoms with E-state index in [1.165, 1.54) is 0 Å². The lowest BCUT2D eigenvalue weighted by Crippen LogP contribution is -2.37. The van der Waals surface area contributed by atoms with Gasteiger partial charge in [0.1, 0.15) is 0 Å². The molecule has 4 rings (SSSR count). The van der Waals surface area contributed by atoms with Gasteiger partial charge in [0.05, 0.1) is 5.69 Å². The number of aromatic nitrogens is 2. The molecule has 0 aliphatic rings. The molecular formula is C26H23Cl2N3O. The van der Waals surface area contributed by atoms with Crippen LogP contribution in [0, 0.1) is 0 Å². The minimum atomic E-state index is -0.111. The van der Waals surface area contributed by atoms with Crippen molar-refractivity contribution >= 4 is 29.1 Å². The summed E-state index contributed by atoms with van der Waals surface area (Å²) in [6.45, 7) is 2.03. The van der Waals surface area contributed by atoms with Crippen LogP contribution >= 0.6 is 23.2 Å². The van der Waals surface area contributed by atoms with Gasteiger partial charge in [-0.15, -0.1) is 0 Å². The highest BCUT2D eigenvalue weighted by Crippen LogP contribution is 2.27. The minimum absolute atomic E-state index is 0.0701. The molecule has 4 aromatic rings. The lowest BCUT2D eigenvalue weighted by Gasteiger charge is -2.26. The van der Waals surface area contributed by atoms with Crippen molar-refractivity contribution < 1.29 is 4.79 Å². The van der Waals surface area contributed by atoms with Crippen molar-refractivity contribution in [2.45, 2.75) is 25.3 Å². The molecule has 4 nitrogen and oxygen atoms in total. The molecule has 0 fully saturated rings. The standard InChI is InChI=1S/C26H23Cl2N3O/c1-18(30-26(32)21-7-13-24(14-8-21)31-16-2-15-29-31)25(20-5-11-23(28)12-6-20)17-19-3-9-22(27)10-4-19/h2-16,18,25H,17H2,1H3,(H,30,32)/t18-,25+/m1/s1. The average molecular weight is 464 g/mol. The van der Waals surface area contributed by atoms with Crippen molar-refractivity contribution in [3.8, 4) is 5.69 Å². The summed E-state index contributed by atoms with van der Waals surface area (Å²) >= 11 is 12.1. The molecule has 0 radical (unpaired) electrons. The molecule has 0 unspecified atom stereocenters. The predicted molar refractivity (Wildman–Crippen MR) is 130 cm³/mol. The second kappa shape index (κ2) is 10.0. The van der Waals surface area contributed by atoms with Gasteiger partial charge in [-0.25, -0.2) is 4.68 Å². The predicted octanol–water partition coefficient (Wildman–Crippen LogP) is 6.32. The molecule has 0 aliphatic carbocycles. The van der Waals surface area contributed by atoms with Crippen molar-refractivity contribution in [1.82, 2.24) is 15.1 Å². The van der Waals surface area contributed by atoms with Crippen LogP contribution in [-0.2, 0) is 6.42 Å². The van der Waals surface area contributed by atoms with Crippen LogP contribution in [-0.4, -0.2) is 21.7 Å². The van der Waals surface area contributed by atoms with Gasteiger partial charge in [-0.3, -0.25) is 4.79 Å². The van der Waals surface area contributed by atoms with Gasteiger partial charge in [-0.05, 0) is 79.1 Å². The molecule has 1 N–H and O–H groups in total. The van der Waals surface area contributed by atoms with Crippen LogP contribution in [0.15, 0.2) is 91.3 Å². The minimum Gasteiger partial charge on any atom is -0.349 e. The molecule has 6 heteroatoms. The van der Waals surface area contributed by atoms with E-state index in [1.807, 2.05) is 92.0 Å². The van der Waals surface area contributed by atoms with Crippen LogP contribution in [0.1, 0.15) is 34.3 Å². The SMILES string of the molecule is C[C@@H](NC(=O)c1ccc(-n2cccn2)cc1)[C@H](Cc1ccc(Cl)cc1)c1ccc(Cl)cc1. The number of carbonyl (C=O) groups excluding carboxylic acids is 1. The summed E-state index contributed by atoms with van der Waals surface area (Å²) in [6, 6.07) is 24.8. The van der Waals surface area contributed by atoms with E-state index in [0.717, 1.165) is 23.2 Å². The molecule has 0 spiro atoms. The zero-order chi connectivity index (χ0) is 22.5. The van der Waals surface area contributed by atoms with E-state index in [0.29, 0.717) is 15.6 Å². The lowest BCUT2D eigenvalue weighted by molar-refractivity contribution is 0.0934. The van der Waals surface area contributed by atoms with Gasteiger partial charge in [0.25, 0.3) is 5.91 Å². The fourth-order valence-corrected chi connectivity index (χ4v) is 4.00. The van der Waals surface area contributed by atoms with E-state index in [4.69, 9.17) is 23.2 Å². The molecule has 2 atom stereocenters. The van der Waals surface area contributed by atoms with E-state index in [2.05, 4.69) is 10.4 Å². The van der Waals surface area contributed by atoms with Gasteiger partial charge in [0, 0.05) is 40.0 Å². The van der Waals surface area contributed by atoms with Gasteiger partial charge >= 0.3 is 0 Å². The monoisotopic (exact) mass is 463 g/mol. The number of amides is 1. The molecule has 1 heterocycles. The number of halogens is 2. The quantitative estimate of drug-likeness (QED) is 0.348. The first-order valence-corrected chi connectivity index (χ1v) is 11.2. The van der Waals surface area contributed by atoms with Crippen molar-refractivity contribution in [3.05, 3.63) is 118 Å². The summed E-state index contributed by atoms with van der Waals surface area (Å²) in [5.41, 5.74) is 3.78. The number of carbonyl (C=O) groups is 1. The average Bonchev–Trinajstić information content (AvgIpc) is 3.34. The highest BCUT2D eigenvalue weighted by molar-refractivity contribution is 6.30. The van der Waals surface area contributed by atoms with Gasteiger partial charge < -0.3 is 5.32 Å². The first kappa shape index (κ1) is 22.1. The summed E-state index contributed by atoms with van der Waals surface area (Å²) in [6.07, 6.45) is 4.35. The maximum atomic E-state index is 13.0. The van der Waals surface area contributed by atoms with Crippen molar-refractivity contribution in [2.75, 3.05) is 0 Å². The second-order valence-electron chi connectivity index (χ2n) is 7.75. The fourth-order valence-electron chi connectivity index (χ4n) is 3.75. The van der Waals surface area contributed by atoms with Crippen LogP contribution in [0.3, 0.4) is 0 Å². The third kappa shape index (κ3) is 5.39. The largest absolute Gasteiger partial charge is 0.349 e. The maximum absolute atomic E-state index is 13.0. The lowest BCUT2D eigenvalue weighted by atomic mass is 9.86. The zero-order valence-electron chi connectivity index (χ0n) is 17.6. The third-order valence-corrected chi connectivity index (χ3v) is 6.03. The Morgan fingerprint density at radius 3 is 2.16 bits per heavy atom. The normalized spacial score (nSPS) is 12.8. The van der Waals surface area contributed by atoms with Crippen molar-refractivity contribution in [3.63, 3.8) is 0 Å². The Kier molecular flexibility index (Phi) is 6.93. The molecule has 1 amide bonds. The van der Waals surface area contributed by atoms with E-state index in [-0.39, 0.29) is 17.9 Å². The summed E-state index contributed by atoms with van der Waals surface area (Å²) in [5.74, 6) is -0.0414. The number of nitrogens with zero attached hydrogens (tertiary/aromatic N) is 2. The maximum Gasteiger partial charge on any atom is 0.251 e. The highest BCUT2D eigenvalue weighted by Gasteiger charge is 2.22. The smallest absolute Gasteiger partial charge is 0.251 e. The van der Waals surface area contributed by atoms with Crippen LogP contribution in [0.4, 0.5) is 0 Å². The van der Waals surface area contributed by atoms with Crippen LogP contribution in [0.5, 0.6) is 0 Å². The van der Waals surface area contributed by atoms with Crippen LogP contribution < -0.4 is 5.32 Å². The molecule has 32 heavy (non-hydrogen) atoms. The first-order chi connectivity index (χ1) is 15.5. The summed E-state index contributed by atoms with van der Waals surface area (Å²) in [5, 5.41) is 8.78. The van der Waals surface area contributed by atoms with E-state index >= 15 is 0 Å². The highest BCUT2D eigenvalue weighted by atomic mass is 35.5. The Morgan fingerprint density at radius 1 is 0.938 bits per heavy atom. The van der Waals surface area contributed by atoms with E-state index < -0.39 is 0 Å². The topological polar surface area (TPSA) is 46.9 Å². The van der Waals surface area contributed by atoms with Crippen molar-refractivity contribution in [2.24, 2.45) is 0 Å². The Bertz CT molecular complexity index is 1160. The molecule has 162 valence electrons. The van der Waals surface area contributed by atoms with E-state index in [9.17, 15) is 4.79 Å². The Hall–Kier alpha value is -3.08. The Labute approximate surface area is 197 Å². The van der Waals surface area contributed by atoms with Crippen molar-refractivity contribution in [1.29, 1.82) is 0 Å². The zero-order valence-corrected chi connectivity index (χ0v) is 19.1. The third-order valence-electron chi connectivity index (χ3n) is 5.53. The van der Waals surface area contributed by atoms with Gasteiger partial charge in [0.2, 0.25) is 0 Å². The molecule has 1 aromatic heterocycles. The summed E-state index contributed by atoms with van der Waals surface area (Å²) < 4.78 is 1.76. The molecule has 0 saturated heterocycles. The van der Waals surface area contributed by atoms with Crippen LogP contribution in [0.2, 0.25) is 10.0 Å². The van der Waals surface area contributed by atoms with E-state index in [1.54, 1.807) is 10.9 Å². The molecule has 3 aromatic carbocycles. The number of hydrogen-bond acceptors (Lipinski definition) is 2. The number of hydrogen-bond donors (Lipinski definition) is 1. The van der Waals surface area contributed by atoms with Gasteiger partial charge in [0.15, 0.2) is 0 Å². The molecule has 0 saturated carbocycles. The number of nitrogens with one attached hydrogen (secondary N) is 1. The molecule has 0 aliphatic heterocycles. The van der Waals surface area contributed by atoms with Gasteiger partial charge in [-0.1, -0.05) is 47.5 Å². The second-order valence-corrected chi connectivity index (χ2v) is 8.62. The number of benzene rings is 3.